The van der Waals surface area contributed by atoms with Gasteiger partial charge < -0.3 is 9.84 Å². The molecule has 0 aliphatic rings. The zero-order chi connectivity index (χ0) is 13.6. The van der Waals surface area contributed by atoms with Crippen molar-refractivity contribution < 1.29 is 14.6 Å². The first-order valence-electron chi connectivity index (χ1n) is 7.39. The molecule has 0 fully saturated rings. The normalized spacial score (nSPS) is 12.6. The fraction of sp³-hybridized carbons (Fsp3) is 0.933. The van der Waals surface area contributed by atoms with E-state index < -0.39 is 0 Å². The molecule has 0 bridgehead atoms. The summed E-state index contributed by atoms with van der Waals surface area (Å²) in [6.07, 6.45) is 8.83. The second-order valence-corrected chi connectivity index (χ2v) is 5.03. The SMILES string of the molecule is CCCCCC(=O)CCC(O)CCCCCOC. The third-order valence-electron chi connectivity index (χ3n) is 3.20. The van der Waals surface area contributed by atoms with E-state index >= 15 is 0 Å². The summed E-state index contributed by atoms with van der Waals surface area (Å²) in [6, 6.07) is 0. The van der Waals surface area contributed by atoms with E-state index in [1.807, 2.05) is 0 Å². The van der Waals surface area contributed by atoms with Crippen molar-refractivity contribution in [2.75, 3.05) is 13.7 Å². The Balaban J connectivity index is 3.34. The molecule has 0 saturated carbocycles. The molecule has 1 unspecified atom stereocenters. The highest BCUT2D eigenvalue weighted by atomic mass is 16.5. The number of carbonyl (C=O) groups is 1. The Morgan fingerprint density at radius 3 is 2.50 bits per heavy atom. The fourth-order valence-electron chi connectivity index (χ4n) is 1.97. The summed E-state index contributed by atoms with van der Waals surface area (Å²) in [7, 11) is 1.71. The van der Waals surface area contributed by atoms with Crippen LogP contribution in [0.4, 0.5) is 0 Å². The molecular weight excluding hydrogens is 228 g/mol. The minimum atomic E-state index is -0.303. The first-order chi connectivity index (χ1) is 8.70. The number of Topliss-reactive ketones (excluding diaryl/α,β-unsaturated/α-hetero) is 1. The van der Waals surface area contributed by atoms with Crippen LogP contribution in [0.25, 0.3) is 0 Å². The van der Waals surface area contributed by atoms with Gasteiger partial charge in [-0.3, -0.25) is 4.79 Å². The van der Waals surface area contributed by atoms with Crippen LogP contribution in [-0.2, 0) is 9.53 Å². The molecule has 0 aromatic carbocycles. The molecule has 0 radical (unpaired) electrons. The molecule has 0 aromatic heterocycles. The fourth-order valence-corrected chi connectivity index (χ4v) is 1.97. The predicted octanol–water partition coefficient (Wildman–Crippen LogP) is 3.48. The lowest BCUT2D eigenvalue weighted by molar-refractivity contribution is -0.119. The Morgan fingerprint density at radius 1 is 1.06 bits per heavy atom. The molecule has 3 nitrogen and oxygen atoms in total. The van der Waals surface area contributed by atoms with E-state index in [0.29, 0.717) is 25.0 Å². The van der Waals surface area contributed by atoms with Crippen LogP contribution < -0.4 is 0 Å². The highest BCUT2D eigenvalue weighted by Crippen LogP contribution is 2.10. The summed E-state index contributed by atoms with van der Waals surface area (Å²) < 4.78 is 4.97. The topological polar surface area (TPSA) is 46.5 Å². The van der Waals surface area contributed by atoms with Crippen molar-refractivity contribution in [2.24, 2.45) is 0 Å². The van der Waals surface area contributed by atoms with E-state index in [0.717, 1.165) is 51.6 Å². The lowest BCUT2D eigenvalue weighted by atomic mass is 10.0. The molecule has 0 aliphatic carbocycles. The number of ketones is 1. The van der Waals surface area contributed by atoms with E-state index in [-0.39, 0.29) is 6.10 Å². The third-order valence-corrected chi connectivity index (χ3v) is 3.20. The van der Waals surface area contributed by atoms with Crippen LogP contribution >= 0.6 is 0 Å². The summed E-state index contributed by atoms with van der Waals surface area (Å²) >= 11 is 0. The zero-order valence-corrected chi connectivity index (χ0v) is 12.1. The molecule has 1 N–H and O–H groups in total. The van der Waals surface area contributed by atoms with Gasteiger partial charge in [0.1, 0.15) is 5.78 Å². The molecule has 0 aliphatic heterocycles. The van der Waals surface area contributed by atoms with Crippen LogP contribution in [0, 0.1) is 0 Å². The van der Waals surface area contributed by atoms with Crippen LogP contribution in [0.15, 0.2) is 0 Å². The van der Waals surface area contributed by atoms with Crippen LogP contribution in [0.3, 0.4) is 0 Å². The van der Waals surface area contributed by atoms with Crippen molar-refractivity contribution in [2.45, 2.75) is 77.2 Å². The third kappa shape index (κ3) is 12.1. The van der Waals surface area contributed by atoms with Gasteiger partial charge in [0.2, 0.25) is 0 Å². The molecule has 1 atom stereocenters. The Morgan fingerprint density at radius 2 is 1.83 bits per heavy atom. The maximum absolute atomic E-state index is 11.5. The van der Waals surface area contributed by atoms with E-state index in [1.54, 1.807) is 7.11 Å². The van der Waals surface area contributed by atoms with Crippen molar-refractivity contribution in [3.63, 3.8) is 0 Å². The van der Waals surface area contributed by atoms with Crippen LogP contribution in [0.1, 0.15) is 71.1 Å². The van der Waals surface area contributed by atoms with Gasteiger partial charge >= 0.3 is 0 Å². The van der Waals surface area contributed by atoms with Gasteiger partial charge in [0.15, 0.2) is 0 Å². The number of aliphatic hydroxyl groups excluding tert-OH is 1. The summed E-state index contributed by atoms with van der Waals surface area (Å²) in [5, 5.41) is 9.74. The number of ether oxygens (including phenoxy) is 1. The highest BCUT2D eigenvalue weighted by molar-refractivity contribution is 5.78. The lowest BCUT2D eigenvalue weighted by Crippen LogP contribution is -2.09. The number of hydrogen-bond acceptors (Lipinski definition) is 3. The predicted molar refractivity (Wildman–Crippen MR) is 74.7 cm³/mol. The smallest absolute Gasteiger partial charge is 0.133 e. The maximum atomic E-state index is 11.5. The first-order valence-corrected chi connectivity index (χ1v) is 7.39. The molecule has 18 heavy (non-hydrogen) atoms. The standard InChI is InChI=1S/C15H30O3/c1-3-4-6-9-14(16)11-12-15(17)10-7-5-8-13-18-2/h15,17H,3-13H2,1-2H3. The number of rotatable bonds is 13. The van der Waals surface area contributed by atoms with Crippen molar-refractivity contribution in [1.29, 1.82) is 0 Å². The molecule has 0 aromatic rings. The van der Waals surface area contributed by atoms with E-state index in [2.05, 4.69) is 6.92 Å². The molecular formula is C15H30O3. The van der Waals surface area contributed by atoms with Gasteiger partial charge in [0.05, 0.1) is 6.10 Å². The Labute approximate surface area is 112 Å². The molecule has 0 amide bonds. The van der Waals surface area contributed by atoms with Crippen molar-refractivity contribution in [1.82, 2.24) is 0 Å². The second kappa shape index (κ2) is 13.0. The van der Waals surface area contributed by atoms with E-state index in [4.69, 9.17) is 4.74 Å². The Bertz CT molecular complexity index is 192. The van der Waals surface area contributed by atoms with Gasteiger partial charge in [-0.15, -0.1) is 0 Å². The van der Waals surface area contributed by atoms with Gasteiger partial charge in [0, 0.05) is 26.6 Å². The summed E-state index contributed by atoms with van der Waals surface area (Å²) in [5.74, 6) is 0.307. The number of carbonyl (C=O) groups excluding carboxylic acids is 1. The van der Waals surface area contributed by atoms with Crippen molar-refractivity contribution in [3.05, 3.63) is 0 Å². The van der Waals surface area contributed by atoms with Crippen LogP contribution in [0.5, 0.6) is 0 Å². The minimum absolute atomic E-state index is 0.303. The lowest BCUT2D eigenvalue weighted by Gasteiger charge is -2.09. The molecule has 3 heteroatoms. The summed E-state index contributed by atoms with van der Waals surface area (Å²) in [4.78, 5) is 11.5. The largest absolute Gasteiger partial charge is 0.393 e. The van der Waals surface area contributed by atoms with Crippen molar-refractivity contribution >= 4 is 5.78 Å². The van der Waals surface area contributed by atoms with Gasteiger partial charge in [-0.25, -0.2) is 0 Å². The Kier molecular flexibility index (Phi) is 12.7. The average molecular weight is 258 g/mol. The number of methoxy groups -OCH3 is 1. The minimum Gasteiger partial charge on any atom is -0.393 e. The molecule has 108 valence electrons. The second-order valence-electron chi connectivity index (χ2n) is 5.03. The molecule has 0 saturated heterocycles. The monoisotopic (exact) mass is 258 g/mol. The Hall–Kier alpha value is -0.410. The number of hydrogen-bond donors (Lipinski definition) is 1. The molecule has 0 spiro atoms. The highest BCUT2D eigenvalue weighted by Gasteiger charge is 2.08. The van der Waals surface area contributed by atoms with Gasteiger partial charge in [-0.2, -0.15) is 0 Å². The number of unbranched alkanes of at least 4 members (excludes halogenated alkanes) is 4. The summed E-state index contributed by atoms with van der Waals surface area (Å²) in [5.41, 5.74) is 0. The van der Waals surface area contributed by atoms with Crippen LogP contribution in [0.2, 0.25) is 0 Å². The molecule has 0 rings (SSSR count). The maximum Gasteiger partial charge on any atom is 0.133 e. The van der Waals surface area contributed by atoms with E-state index in [9.17, 15) is 9.90 Å². The molecule has 0 heterocycles. The average Bonchev–Trinajstić information content (AvgIpc) is 2.36. The van der Waals surface area contributed by atoms with Gasteiger partial charge in [0.25, 0.3) is 0 Å². The number of aliphatic hydroxyl groups is 1. The van der Waals surface area contributed by atoms with Crippen LogP contribution in [-0.4, -0.2) is 30.7 Å². The van der Waals surface area contributed by atoms with Crippen molar-refractivity contribution in [3.8, 4) is 0 Å². The summed E-state index contributed by atoms with van der Waals surface area (Å²) in [6.45, 7) is 2.93. The van der Waals surface area contributed by atoms with Gasteiger partial charge in [-0.1, -0.05) is 32.6 Å². The zero-order valence-electron chi connectivity index (χ0n) is 12.1. The first kappa shape index (κ1) is 17.6. The van der Waals surface area contributed by atoms with E-state index in [1.165, 1.54) is 0 Å². The van der Waals surface area contributed by atoms with Gasteiger partial charge in [-0.05, 0) is 25.7 Å². The quantitative estimate of drug-likeness (QED) is 0.514.